The lowest BCUT2D eigenvalue weighted by molar-refractivity contribution is 1.33. The van der Waals surface area contributed by atoms with E-state index in [0.717, 1.165) is 20.6 Å². The summed E-state index contributed by atoms with van der Waals surface area (Å²) < 4.78 is 0.789. The Morgan fingerprint density at radius 2 is 2.21 bits per heavy atom. The summed E-state index contributed by atoms with van der Waals surface area (Å²) in [5, 5.41) is 3.08. The minimum atomic E-state index is 0.789. The van der Waals surface area contributed by atoms with Gasteiger partial charge in [-0.05, 0) is 24.3 Å². The Morgan fingerprint density at radius 3 is 2.86 bits per heavy atom. The van der Waals surface area contributed by atoms with E-state index >= 15 is 0 Å². The summed E-state index contributed by atoms with van der Waals surface area (Å²) in [6.45, 7) is 0. The highest BCUT2D eigenvalue weighted by Crippen LogP contribution is 2.30. The molecule has 0 saturated carbocycles. The van der Waals surface area contributed by atoms with Crippen LogP contribution in [0.25, 0.3) is 10.6 Å². The van der Waals surface area contributed by atoms with Crippen LogP contribution in [0.2, 0.25) is 4.34 Å². The van der Waals surface area contributed by atoms with Crippen LogP contribution in [-0.2, 0) is 0 Å². The molecule has 0 unspecified atom stereocenters. The predicted octanol–water partition coefficient (Wildman–Crippen LogP) is 3.51. The first-order valence-corrected chi connectivity index (χ1v) is 5.38. The standard InChI is InChI=1S/C10H9ClN2S/c1-12-7-4-5-13-8(6-7)9-2-3-10(11)14-9/h2-6H,1H3,(H,12,13). The molecule has 0 amide bonds. The van der Waals surface area contributed by atoms with E-state index in [2.05, 4.69) is 10.3 Å². The third-order valence-corrected chi connectivity index (χ3v) is 3.13. The molecule has 0 atom stereocenters. The number of nitrogens with zero attached hydrogens (tertiary/aromatic N) is 1. The number of halogens is 1. The van der Waals surface area contributed by atoms with Crippen LogP contribution in [0, 0.1) is 0 Å². The van der Waals surface area contributed by atoms with Crippen molar-refractivity contribution in [2.24, 2.45) is 0 Å². The van der Waals surface area contributed by atoms with Gasteiger partial charge in [-0.25, -0.2) is 0 Å². The maximum atomic E-state index is 5.86. The van der Waals surface area contributed by atoms with Crippen molar-refractivity contribution in [2.45, 2.75) is 0 Å². The van der Waals surface area contributed by atoms with Crippen molar-refractivity contribution in [2.75, 3.05) is 12.4 Å². The molecule has 2 aromatic heterocycles. The summed E-state index contributed by atoms with van der Waals surface area (Å²) in [5.74, 6) is 0. The van der Waals surface area contributed by atoms with Crippen LogP contribution in [0.15, 0.2) is 30.5 Å². The molecule has 2 nitrogen and oxygen atoms in total. The van der Waals surface area contributed by atoms with Gasteiger partial charge in [0.15, 0.2) is 0 Å². The van der Waals surface area contributed by atoms with Crippen LogP contribution in [0.1, 0.15) is 0 Å². The average molecular weight is 225 g/mol. The minimum Gasteiger partial charge on any atom is -0.388 e. The van der Waals surface area contributed by atoms with Crippen LogP contribution in [-0.4, -0.2) is 12.0 Å². The Kier molecular flexibility index (Phi) is 2.70. The molecule has 2 aromatic rings. The lowest BCUT2D eigenvalue weighted by atomic mass is 10.3. The van der Waals surface area contributed by atoms with Crippen LogP contribution in [0.5, 0.6) is 0 Å². The van der Waals surface area contributed by atoms with Gasteiger partial charge < -0.3 is 5.32 Å². The number of anilines is 1. The summed E-state index contributed by atoms with van der Waals surface area (Å²) in [4.78, 5) is 5.37. The van der Waals surface area contributed by atoms with Gasteiger partial charge in [0.2, 0.25) is 0 Å². The summed E-state index contributed by atoms with van der Waals surface area (Å²) in [7, 11) is 1.89. The summed E-state index contributed by atoms with van der Waals surface area (Å²) in [6.07, 6.45) is 1.79. The topological polar surface area (TPSA) is 24.9 Å². The van der Waals surface area contributed by atoms with Gasteiger partial charge in [-0.15, -0.1) is 11.3 Å². The summed E-state index contributed by atoms with van der Waals surface area (Å²) >= 11 is 7.39. The maximum Gasteiger partial charge on any atom is 0.0935 e. The van der Waals surface area contributed by atoms with E-state index in [-0.39, 0.29) is 0 Å². The normalized spacial score (nSPS) is 10.1. The van der Waals surface area contributed by atoms with Crippen LogP contribution in [0.3, 0.4) is 0 Å². The first kappa shape index (κ1) is 9.49. The molecule has 0 aliphatic heterocycles. The number of rotatable bonds is 2. The third kappa shape index (κ3) is 1.89. The zero-order valence-electron chi connectivity index (χ0n) is 7.62. The monoisotopic (exact) mass is 224 g/mol. The fourth-order valence-corrected chi connectivity index (χ4v) is 2.18. The van der Waals surface area contributed by atoms with E-state index in [9.17, 15) is 0 Å². The first-order chi connectivity index (χ1) is 6.79. The number of nitrogens with one attached hydrogen (secondary N) is 1. The third-order valence-electron chi connectivity index (χ3n) is 1.87. The zero-order valence-corrected chi connectivity index (χ0v) is 9.19. The number of pyridine rings is 1. The lowest BCUT2D eigenvalue weighted by Crippen LogP contribution is -1.88. The molecule has 0 aliphatic rings. The van der Waals surface area contributed by atoms with Gasteiger partial charge in [0, 0.05) is 18.9 Å². The molecule has 72 valence electrons. The second-order valence-electron chi connectivity index (χ2n) is 2.78. The van der Waals surface area contributed by atoms with Gasteiger partial charge in [0.1, 0.15) is 0 Å². The molecular formula is C10H9ClN2S. The Labute approximate surface area is 91.6 Å². The highest BCUT2D eigenvalue weighted by atomic mass is 35.5. The molecule has 4 heteroatoms. The highest BCUT2D eigenvalue weighted by Gasteiger charge is 2.02. The van der Waals surface area contributed by atoms with Crippen LogP contribution < -0.4 is 5.32 Å². The van der Waals surface area contributed by atoms with E-state index in [1.807, 2.05) is 31.3 Å². The van der Waals surface area contributed by atoms with Gasteiger partial charge in [-0.2, -0.15) is 0 Å². The molecule has 0 aromatic carbocycles. The Balaban J connectivity index is 2.41. The Morgan fingerprint density at radius 1 is 1.36 bits per heavy atom. The van der Waals surface area contributed by atoms with Crippen molar-refractivity contribution in [3.8, 4) is 10.6 Å². The minimum absolute atomic E-state index is 0.789. The van der Waals surface area contributed by atoms with Crippen molar-refractivity contribution < 1.29 is 0 Å². The van der Waals surface area contributed by atoms with Crippen molar-refractivity contribution in [3.63, 3.8) is 0 Å². The fourth-order valence-electron chi connectivity index (χ4n) is 1.17. The molecule has 2 rings (SSSR count). The SMILES string of the molecule is CNc1ccnc(-c2ccc(Cl)s2)c1. The van der Waals surface area contributed by atoms with E-state index in [0.29, 0.717) is 0 Å². The second-order valence-corrected chi connectivity index (χ2v) is 4.50. The fraction of sp³-hybridized carbons (Fsp3) is 0.100. The highest BCUT2D eigenvalue weighted by molar-refractivity contribution is 7.19. The second kappa shape index (κ2) is 3.98. The number of aromatic nitrogens is 1. The first-order valence-electron chi connectivity index (χ1n) is 4.19. The average Bonchev–Trinajstić information content (AvgIpc) is 2.65. The Hall–Kier alpha value is -1.06. The van der Waals surface area contributed by atoms with Gasteiger partial charge >= 0.3 is 0 Å². The molecule has 14 heavy (non-hydrogen) atoms. The molecule has 0 aliphatic carbocycles. The van der Waals surface area contributed by atoms with E-state index < -0.39 is 0 Å². The number of thiophene rings is 1. The molecule has 2 heterocycles. The van der Waals surface area contributed by atoms with Crippen molar-refractivity contribution >= 4 is 28.6 Å². The van der Waals surface area contributed by atoms with Crippen LogP contribution in [0.4, 0.5) is 5.69 Å². The van der Waals surface area contributed by atoms with Crippen molar-refractivity contribution in [3.05, 3.63) is 34.8 Å². The van der Waals surface area contributed by atoms with Gasteiger partial charge in [-0.1, -0.05) is 11.6 Å². The molecule has 0 bridgehead atoms. The van der Waals surface area contributed by atoms with Crippen LogP contribution >= 0.6 is 22.9 Å². The molecule has 0 saturated heterocycles. The van der Waals surface area contributed by atoms with Gasteiger partial charge in [-0.3, -0.25) is 4.98 Å². The summed E-state index contributed by atoms with van der Waals surface area (Å²) in [6, 6.07) is 7.80. The smallest absolute Gasteiger partial charge is 0.0935 e. The molecule has 0 spiro atoms. The number of hydrogen-bond acceptors (Lipinski definition) is 3. The van der Waals surface area contributed by atoms with Crippen molar-refractivity contribution in [1.29, 1.82) is 0 Å². The zero-order chi connectivity index (χ0) is 9.97. The number of hydrogen-bond donors (Lipinski definition) is 1. The van der Waals surface area contributed by atoms with Gasteiger partial charge in [0.25, 0.3) is 0 Å². The van der Waals surface area contributed by atoms with Crippen molar-refractivity contribution in [1.82, 2.24) is 4.98 Å². The van der Waals surface area contributed by atoms with E-state index in [1.54, 1.807) is 6.20 Å². The molecular weight excluding hydrogens is 216 g/mol. The lowest BCUT2D eigenvalue weighted by Gasteiger charge is -2.01. The predicted molar refractivity (Wildman–Crippen MR) is 62.1 cm³/mol. The largest absolute Gasteiger partial charge is 0.388 e. The maximum absolute atomic E-state index is 5.86. The molecule has 1 N–H and O–H groups in total. The van der Waals surface area contributed by atoms with E-state index in [1.165, 1.54) is 11.3 Å². The Bertz CT molecular complexity index is 439. The molecule has 0 radical (unpaired) electrons. The van der Waals surface area contributed by atoms with Gasteiger partial charge in [0.05, 0.1) is 14.9 Å². The molecule has 0 fully saturated rings. The summed E-state index contributed by atoms with van der Waals surface area (Å²) in [5.41, 5.74) is 2.01. The van der Waals surface area contributed by atoms with E-state index in [4.69, 9.17) is 11.6 Å². The quantitative estimate of drug-likeness (QED) is 0.845.